The van der Waals surface area contributed by atoms with E-state index in [1.165, 1.54) is 23.0 Å². The Bertz CT molecular complexity index is 939. The van der Waals surface area contributed by atoms with Crippen molar-refractivity contribution < 1.29 is 33.0 Å². The normalized spacial score (nSPS) is 22.5. The summed E-state index contributed by atoms with van der Waals surface area (Å²) in [7, 11) is 1.24. The van der Waals surface area contributed by atoms with Crippen molar-refractivity contribution in [1.29, 1.82) is 0 Å². The van der Waals surface area contributed by atoms with E-state index in [1.54, 1.807) is 20.8 Å². The lowest BCUT2D eigenvalue weighted by Crippen LogP contribution is -2.44. The molecule has 0 radical (unpaired) electrons. The highest BCUT2D eigenvalue weighted by molar-refractivity contribution is 5.82. The number of benzene rings is 1. The van der Waals surface area contributed by atoms with E-state index in [9.17, 15) is 18.8 Å². The number of likely N-dealkylation sites (tertiary alicyclic amines) is 1. The van der Waals surface area contributed by atoms with Crippen molar-refractivity contribution in [2.45, 2.75) is 76.8 Å². The smallest absolute Gasteiger partial charge is 0.411 e. The van der Waals surface area contributed by atoms with E-state index in [0.29, 0.717) is 18.0 Å². The number of esters is 1. The first-order valence-corrected chi connectivity index (χ1v) is 10.9. The molecule has 32 heavy (non-hydrogen) atoms. The maximum atomic E-state index is 14.4. The molecule has 2 aliphatic heterocycles. The number of carbonyl (C=O) groups is 3. The Balaban J connectivity index is 1.43. The van der Waals surface area contributed by atoms with Crippen LogP contribution in [0.5, 0.6) is 0 Å². The molecular formula is C23H29FN2O6. The molecule has 1 aliphatic carbocycles. The number of hydrogen-bond donors (Lipinski definition) is 0. The molecule has 0 spiro atoms. The highest BCUT2D eigenvalue weighted by Crippen LogP contribution is 2.44. The zero-order valence-corrected chi connectivity index (χ0v) is 18.9. The second kappa shape index (κ2) is 8.26. The van der Waals surface area contributed by atoms with Crippen molar-refractivity contribution in [3.8, 4) is 0 Å². The summed E-state index contributed by atoms with van der Waals surface area (Å²) in [5.41, 5.74) is 1.79. The lowest BCUT2D eigenvalue weighted by molar-refractivity contribution is -0.145. The van der Waals surface area contributed by atoms with Gasteiger partial charge < -0.3 is 14.2 Å². The van der Waals surface area contributed by atoms with E-state index in [-0.39, 0.29) is 25.3 Å². The van der Waals surface area contributed by atoms with E-state index in [1.807, 2.05) is 6.07 Å². The molecule has 1 aromatic rings. The average Bonchev–Trinajstić information content (AvgIpc) is 3.30. The van der Waals surface area contributed by atoms with Gasteiger partial charge in [-0.15, -0.1) is 0 Å². The second-order valence-electron chi connectivity index (χ2n) is 9.64. The first-order valence-electron chi connectivity index (χ1n) is 10.9. The summed E-state index contributed by atoms with van der Waals surface area (Å²) in [4.78, 5) is 40.3. The summed E-state index contributed by atoms with van der Waals surface area (Å²) in [5.74, 6) is -0.472. The molecule has 2 atom stereocenters. The molecule has 2 fully saturated rings. The van der Waals surface area contributed by atoms with E-state index in [4.69, 9.17) is 14.2 Å². The van der Waals surface area contributed by atoms with Crippen LogP contribution in [-0.2, 0) is 32.1 Å². The van der Waals surface area contributed by atoms with Gasteiger partial charge in [0.2, 0.25) is 0 Å². The fourth-order valence-electron chi connectivity index (χ4n) is 4.37. The van der Waals surface area contributed by atoms with Crippen LogP contribution in [0.4, 0.5) is 14.0 Å². The summed E-state index contributed by atoms with van der Waals surface area (Å²) < 4.78 is 30.2. The molecule has 2 heterocycles. The molecule has 1 aromatic carbocycles. The summed E-state index contributed by atoms with van der Waals surface area (Å²) >= 11 is 0. The standard InChI is InChI=1S/C23H29FN2O6/c1-23(2,3)32-22(29)26-10-14(9-19(26)20(27)30-4)31-21(28)25-11-16-15(13-5-6-13)7-8-18(24)17(16)12-25/h7-8,13-14,19H,5-6,9-12H2,1-4H3/t14?,19-/m0/s1. The second-order valence-corrected chi connectivity index (χ2v) is 9.64. The molecule has 174 valence electrons. The van der Waals surface area contributed by atoms with Crippen molar-refractivity contribution in [2.75, 3.05) is 13.7 Å². The van der Waals surface area contributed by atoms with Gasteiger partial charge in [-0.05, 0) is 56.7 Å². The van der Waals surface area contributed by atoms with Gasteiger partial charge in [0.15, 0.2) is 0 Å². The predicted octanol–water partition coefficient (Wildman–Crippen LogP) is 3.71. The van der Waals surface area contributed by atoms with E-state index >= 15 is 0 Å². The third-order valence-corrected chi connectivity index (χ3v) is 6.02. The highest BCUT2D eigenvalue weighted by atomic mass is 19.1. The largest absolute Gasteiger partial charge is 0.467 e. The van der Waals surface area contributed by atoms with Crippen LogP contribution in [0.1, 0.15) is 62.6 Å². The summed E-state index contributed by atoms with van der Waals surface area (Å²) in [6, 6.07) is 2.39. The van der Waals surface area contributed by atoms with Crippen LogP contribution in [0.3, 0.4) is 0 Å². The first-order chi connectivity index (χ1) is 15.1. The Morgan fingerprint density at radius 3 is 2.38 bits per heavy atom. The Kier molecular flexibility index (Phi) is 5.77. The topological polar surface area (TPSA) is 85.4 Å². The molecule has 0 N–H and O–H groups in total. The maximum absolute atomic E-state index is 14.4. The molecule has 1 saturated carbocycles. The zero-order chi connectivity index (χ0) is 23.2. The van der Waals surface area contributed by atoms with Gasteiger partial charge in [0.05, 0.1) is 26.7 Å². The van der Waals surface area contributed by atoms with Gasteiger partial charge in [0, 0.05) is 12.0 Å². The number of rotatable bonds is 3. The van der Waals surface area contributed by atoms with Gasteiger partial charge in [-0.3, -0.25) is 9.80 Å². The van der Waals surface area contributed by atoms with Gasteiger partial charge >= 0.3 is 18.2 Å². The van der Waals surface area contributed by atoms with E-state index in [2.05, 4.69) is 0 Å². The van der Waals surface area contributed by atoms with Crippen molar-refractivity contribution in [1.82, 2.24) is 9.80 Å². The molecule has 1 unspecified atom stereocenters. The SMILES string of the molecule is COC(=O)[C@@H]1CC(OC(=O)N2Cc3c(F)ccc(C4CC4)c3C2)CN1C(=O)OC(C)(C)C. The van der Waals surface area contributed by atoms with Crippen molar-refractivity contribution in [3.05, 3.63) is 34.6 Å². The van der Waals surface area contributed by atoms with Crippen LogP contribution in [0.15, 0.2) is 12.1 Å². The summed E-state index contributed by atoms with van der Waals surface area (Å²) in [6.07, 6.45) is 0.314. The minimum atomic E-state index is -0.901. The number of methoxy groups -OCH3 is 1. The average molecular weight is 448 g/mol. The lowest BCUT2D eigenvalue weighted by Gasteiger charge is -2.27. The van der Waals surface area contributed by atoms with Gasteiger partial charge in [0.25, 0.3) is 0 Å². The minimum absolute atomic E-state index is 0.0168. The van der Waals surface area contributed by atoms with Gasteiger partial charge in [-0.2, -0.15) is 0 Å². The van der Waals surface area contributed by atoms with Crippen LogP contribution in [0.2, 0.25) is 0 Å². The van der Waals surface area contributed by atoms with Crippen LogP contribution in [0.25, 0.3) is 0 Å². The summed E-state index contributed by atoms with van der Waals surface area (Å²) in [5, 5.41) is 0. The van der Waals surface area contributed by atoms with Crippen molar-refractivity contribution in [2.24, 2.45) is 0 Å². The van der Waals surface area contributed by atoms with Gasteiger partial charge in [-0.1, -0.05) is 6.07 Å². The Morgan fingerprint density at radius 2 is 1.75 bits per heavy atom. The highest BCUT2D eigenvalue weighted by Gasteiger charge is 2.44. The Morgan fingerprint density at radius 1 is 1.06 bits per heavy atom. The Hall–Kier alpha value is -2.84. The molecule has 0 aromatic heterocycles. The fourth-order valence-corrected chi connectivity index (χ4v) is 4.37. The quantitative estimate of drug-likeness (QED) is 0.518. The third-order valence-electron chi connectivity index (χ3n) is 6.02. The number of halogens is 1. The molecule has 2 amide bonds. The van der Waals surface area contributed by atoms with E-state index < -0.39 is 35.9 Å². The van der Waals surface area contributed by atoms with Gasteiger partial charge in [0.1, 0.15) is 23.6 Å². The molecule has 3 aliphatic rings. The van der Waals surface area contributed by atoms with Crippen LogP contribution >= 0.6 is 0 Å². The fraction of sp³-hybridized carbons (Fsp3) is 0.609. The number of hydrogen-bond acceptors (Lipinski definition) is 6. The molecule has 0 bridgehead atoms. The van der Waals surface area contributed by atoms with Crippen molar-refractivity contribution in [3.63, 3.8) is 0 Å². The first kappa shape index (κ1) is 22.4. The van der Waals surface area contributed by atoms with Crippen LogP contribution in [0, 0.1) is 5.82 Å². The number of amides is 2. The zero-order valence-electron chi connectivity index (χ0n) is 18.9. The lowest BCUT2D eigenvalue weighted by atomic mass is 9.99. The molecule has 8 nitrogen and oxygen atoms in total. The van der Waals surface area contributed by atoms with Crippen molar-refractivity contribution >= 4 is 18.2 Å². The monoisotopic (exact) mass is 448 g/mol. The number of ether oxygens (including phenoxy) is 3. The predicted molar refractivity (Wildman–Crippen MR) is 111 cm³/mol. The third kappa shape index (κ3) is 4.52. The molecular weight excluding hydrogens is 419 g/mol. The number of fused-ring (bicyclic) bond motifs is 1. The number of carbonyl (C=O) groups excluding carboxylic acids is 3. The molecule has 1 saturated heterocycles. The summed E-state index contributed by atoms with van der Waals surface area (Å²) in [6.45, 7) is 5.64. The Labute approximate surface area is 186 Å². The van der Waals surface area contributed by atoms with Gasteiger partial charge in [-0.25, -0.2) is 18.8 Å². The minimum Gasteiger partial charge on any atom is -0.467 e. The molecule has 9 heteroatoms. The van der Waals surface area contributed by atoms with Crippen LogP contribution in [-0.4, -0.2) is 59.4 Å². The number of nitrogens with zero attached hydrogens (tertiary/aromatic N) is 2. The maximum Gasteiger partial charge on any atom is 0.411 e. The molecule has 4 rings (SSSR count). The van der Waals surface area contributed by atoms with E-state index in [0.717, 1.165) is 24.0 Å². The van der Waals surface area contributed by atoms with Crippen LogP contribution < -0.4 is 0 Å².